The number of hydrogen-bond donors (Lipinski definition) is 0. The fourth-order valence-corrected chi connectivity index (χ4v) is 2.64. The maximum absolute atomic E-state index is 13.6. The van der Waals surface area contributed by atoms with Gasteiger partial charge in [-0.05, 0) is 18.2 Å². The summed E-state index contributed by atoms with van der Waals surface area (Å²) in [6, 6.07) is 4.21. The Morgan fingerprint density at radius 3 is 2.65 bits per heavy atom. The topological polar surface area (TPSA) is 46.6 Å². The quantitative estimate of drug-likeness (QED) is 0.831. The molecule has 0 unspecified atom stereocenters. The Hall–Kier alpha value is -0.660. The van der Waals surface area contributed by atoms with Crippen molar-refractivity contribution >= 4 is 31.6 Å². The number of sulfonamides is 1. The maximum atomic E-state index is 13.6. The molecule has 0 saturated heterocycles. The lowest BCUT2D eigenvalue weighted by Gasteiger charge is -2.19. The van der Waals surface area contributed by atoms with E-state index in [0.717, 1.165) is 4.31 Å². The monoisotopic (exact) mass is 325 g/mol. The van der Waals surface area contributed by atoms with E-state index in [0.29, 0.717) is 4.47 Å². The Balaban J connectivity index is 2.99. The Labute approximate surface area is 109 Å². The Morgan fingerprint density at radius 1 is 1.47 bits per heavy atom. The van der Waals surface area contributed by atoms with Gasteiger partial charge in [-0.25, -0.2) is 12.8 Å². The number of nitrogens with zero attached hydrogens (tertiary/aromatic N) is 1. The van der Waals surface area contributed by atoms with E-state index in [4.69, 9.17) is 4.74 Å². The molecule has 0 aromatic heterocycles. The number of anilines is 1. The first-order valence-corrected chi connectivity index (χ1v) is 7.19. The van der Waals surface area contributed by atoms with Crippen molar-refractivity contribution in [1.82, 2.24) is 0 Å². The van der Waals surface area contributed by atoms with Gasteiger partial charge in [-0.2, -0.15) is 0 Å². The zero-order chi connectivity index (χ0) is 13.1. The van der Waals surface area contributed by atoms with Crippen molar-refractivity contribution in [3.63, 3.8) is 0 Å². The Morgan fingerprint density at radius 2 is 2.12 bits per heavy atom. The summed E-state index contributed by atoms with van der Waals surface area (Å²) in [7, 11) is -0.829. The minimum absolute atomic E-state index is 0.0179. The zero-order valence-electron chi connectivity index (χ0n) is 9.48. The van der Waals surface area contributed by atoms with Gasteiger partial charge in [0.15, 0.2) is 0 Å². The summed E-state index contributed by atoms with van der Waals surface area (Å²) >= 11 is 3.11. The second kappa shape index (κ2) is 5.79. The molecule has 0 N–H and O–H groups in total. The second-order valence-electron chi connectivity index (χ2n) is 3.37. The number of ether oxygens (including phenoxy) is 1. The molecule has 7 heteroatoms. The predicted octanol–water partition coefficient (Wildman–Crippen LogP) is 2.00. The van der Waals surface area contributed by atoms with Crippen LogP contribution in [0.5, 0.6) is 0 Å². The molecule has 0 aliphatic heterocycles. The second-order valence-corrected chi connectivity index (χ2v) is 6.41. The molecular weight excluding hydrogens is 313 g/mol. The highest BCUT2D eigenvalue weighted by Crippen LogP contribution is 2.24. The van der Waals surface area contributed by atoms with Crippen LogP contribution in [0.3, 0.4) is 0 Å². The van der Waals surface area contributed by atoms with Crippen LogP contribution >= 0.6 is 15.9 Å². The minimum Gasteiger partial charge on any atom is -0.384 e. The number of rotatable bonds is 5. The molecule has 0 heterocycles. The SMILES string of the molecule is COCCS(=O)(=O)N(C)c1ccc(Br)cc1F. The van der Waals surface area contributed by atoms with E-state index in [2.05, 4.69) is 15.9 Å². The van der Waals surface area contributed by atoms with E-state index < -0.39 is 15.8 Å². The van der Waals surface area contributed by atoms with Crippen LogP contribution in [0.15, 0.2) is 22.7 Å². The van der Waals surface area contributed by atoms with Crippen LogP contribution in [-0.2, 0) is 14.8 Å². The smallest absolute Gasteiger partial charge is 0.237 e. The van der Waals surface area contributed by atoms with Gasteiger partial charge in [-0.1, -0.05) is 15.9 Å². The van der Waals surface area contributed by atoms with Crippen molar-refractivity contribution in [2.45, 2.75) is 0 Å². The number of methoxy groups -OCH3 is 1. The van der Waals surface area contributed by atoms with Gasteiger partial charge in [0.1, 0.15) is 5.82 Å². The van der Waals surface area contributed by atoms with Crippen LogP contribution < -0.4 is 4.31 Å². The van der Waals surface area contributed by atoms with Crippen LogP contribution in [0.1, 0.15) is 0 Å². The number of halogens is 2. The fraction of sp³-hybridized carbons (Fsp3) is 0.400. The van der Waals surface area contributed by atoms with Gasteiger partial charge in [0.2, 0.25) is 10.0 Å². The van der Waals surface area contributed by atoms with Crippen molar-refractivity contribution < 1.29 is 17.5 Å². The van der Waals surface area contributed by atoms with Crippen molar-refractivity contribution in [3.8, 4) is 0 Å². The highest BCUT2D eigenvalue weighted by atomic mass is 79.9. The molecule has 0 saturated carbocycles. The lowest BCUT2D eigenvalue weighted by Crippen LogP contribution is -2.31. The molecule has 1 aromatic carbocycles. The predicted molar refractivity (Wildman–Crippen MR) is 68.2 cm³/mol. The van der Waals surface area contributed by atoms with E-state index in [1.807, 2.05) is 0 Å². The van der Waals surface area contributed by atoms with E-state index >= 15 is 0 Å². The zero-order valence-corrected chi connectivity index (χ0v) is 11.9. The molecular formula is C10H13BrFNO3S. The molecule has 0 spiro atoms. The van der Waals surface area contributed by atoms with Gasteiger partial charge in [-0.15, -0.1) is 0 Å². The minimum atomic E-state index is -3.56. The Kier molecular flexibility index (Phi) is 4.91. The first-order chi connectivity index (χ1) is 7.88. The normalized spacial score (nSPS) is 11.5. The molecule has 0 bridgehead atoms. The van der Waals surface area contributed by atoms with E-state index in [-0.39, 0.29) is 18.0 Å². The maximum Gasteiger partial charge on any atom is 0.237 e. The molecule has 96 valence electrons. The molecule has 17 heavy (non-hydrogen) atoms. The van der Waals surface area contributed by atoms with Gasteiger partial charge in [0, 0.05) is 18.6 Å². The lowest BCUT2D eigenvalue weighted by atomic mass is 10.3. The van der Waals surface area contributed by atoms with E-state index in [9.17, 15) is 12.8 Å². The van der Waals surface area contributed by atoms with Crippen molar-refractivity contribution in [2.75, 3.05) is 30.8 Å². The summed E-state index contributed by atoms with van der Waals surface area (Å²) in [5.41, 5.74) is 0.0179. The van der Waals surface area contributed by atoms with E-state index in [1.165, 1.54) is 26.3 Å². The average Bonchev–Trinajstić information content (AvgIpc) is 2.25. The number of benzene rings is 1. The number of hydrogen-bond acceptors (Lipinski definition) is 3. The van der Waals surface area contributed by atoms with Gasteiger partial charge in [-0.3, -0.25) is 4.31 Å². The lowest BCUT2D eigenvalue weighted by molar-refractivity contribution is 0.217. The first-order valence-electron chi connectivity index (χ1n) is 4.79. The van der Waals surface area contributed by atoms with Crippen molar-refractivity contribution in [2.24, 2.45) is 0 Å². The molecule has 0 aliphatic carbocycles. The molecule has 1 aromatic rings. The third-order valence-corrected chi connectivity index (χ3v) is 4.42. The van der Waals surface area contributed by atoms with Crippen LogP contribution in [0, 0.1) is 5.82 Å². The van der Waals surface area contributed by atoms with Crippen LogP contribution in [0.4, 0.5) is 10.1 Å². The van der Waals surface area contributed by atoms with Gasteiger partial charge in [0.05, 0.1) is 18.0 Å². The standard InChI is InChI=1S/C10H13BrFNO3S/c1-13(17(14,15)6-5-16-2)10-4-3-8(11)7-9(10)12/h3-4,7H,5-6H2,1-2H3. The highest BCUT2D eigenvalue weighted by molar-refractivity contribution is 9.10. The van der Waals surface area contributed by atoms with Gasteiger partial charge in [0.25, 0.3) is 0 Å². The summed E-state index contributed by atoms with van der Waals surface area (Å²) in [6.45, 7) is 0.0742. The third-order valence-electron chi connectivity index (χ3n) is 2.21. The van der Waals surface area contributed by atoms with Gasteiger partial charge < -0.3 is 4.74 Å². The largest absolute Gasteiger partial charge is 0.384 e. The van der Waals surface area contributed by atoms with Crippen molar-refractivity contribution in [1.29, 1.82) is 0 Å². The average molecular weight is 326 g/mol. The Bertz CT molecular complexity index is 492. The fourth-order valence-electron chi connectivity index (χ4n) is 1.21. The van der Waals surface area contributed by atoms with Crippen LogP contribution in [0.2, 0.25) is 0 Å². The summed E-state index contributed by atoms with van der Waals surface area (Å²) in [5, 5.41) is 0. The molecule has 0 radical (unpaired) electrons. The molecule has 0 amide bonds. The highest BCUT2D eigenvalue weighted by Gasteiger charge is 2.20. The van der Waals surface area contributed by atoms with E-state index in [1.54, 1.807) is 6.07 Å². The van der Waals surface area contributed by atoms with Crippen LogP contribution in [-0.4, -0.2) is 34.9 Å². The summed E-state index contributed by atoms with van der Waals surface area (Å²) < 4.78 is 43.4. The summed E-state index contributed by atoms with van der Waals surface area (Å²) in [6.07, 6.45) is 0. The van der Waals surface area contributed by atoms with Gasteiger partial charge >= 0.3 is 0 Å². The first kappa shape index (κ1) is 14.4. The molecule has 1 rings (SSSR count). The van der Waals surface area contributed by atoms with Crippen LogP contribution in [0.25, 0.3) is 0 Å². The molecule has 4 nitrogen and oxygen atoms in total. The summed E-state index contributed by atoms with van der Waals surface area (Å²) in [4.78, 5) is 0. The molecule has 0 aliphatic rings. The molecule has 0 atom stereocenters. The third kappa shape index (κ3) is 3.65. The summed E-state index contributed by atoms with van der Waals surface area (Å²) in [5.74, 6) is -0.780. The van der Waals surface area contributed by atoms with Crippen molar-refractivity contribution in [3.05, 3.63) is 28.5 Å². The molecule has 0 fully saturated rings.